The van der Waals surface area contributed by atoms with Crippen LogP contribution in [0.2, 0.25) is 0 Å². The first kappa shape index (κ1) is 11.4. The van der Waals surface area contributed by atoms with E-state index in [2.05, 4.69) is 10.9 Å². The molecule has 0 saturated heterocycles. The van der Waals surface area contributed by atoms with Crippen molar-refractivity contribution in [1.29, 1.82) is 0 Å². The van der Waals surface area contributed by atoms with Crippen LogP contribution in [0.25, 0.3) is 0 Å². The van der Waals surface area contributed by atoms with E-state index in [0.717, 1.165) is 5.56 Å². The molecule has 15 heavy (non-hydrogen) atoms. The first-order valence-corrected chi connectivity index (χ1v) is 4.62. The molecule has 0 N–H and O–H groups in total. The fourth-order valence-corrected chi connectivity index (χ4v) is 1.40. The number of aromatic nitrogens is 1. The second kappa shape index (κ2) is 4.22. The SMILES string of the molecule is C#CC(C)(C)c1c(OC)ccnc1OC. The van der Waals surface area contributed by atoms with E-state index in [1.807, 2.05) is 13.8 Å². The summed E-state index contributed by atoms with van der Waals surface area (Å²) in [6.45, 7) is 3.85. The maximum Gasteiger partial charge on any atom is 0.221 e. The molecule has 1 aromatic rings. The number of nitrogens with zero attached hydrogens (tertiary/aromatic N) is 1. The molecule has 3 heteroatoms. The molecule has 1 aromatic heterocycles. The zero-order valence-electron chi connectivity index (χ0n) is 9.50. The third kappa shape index (κ3) is 2.04. The highest BCUT2D eigenvalue weighted by atomic mass is 16.5. The molecule has 80 valence electrons. The highest BCUT2D eigenvalue weighted by Gasteiger charge is 2.27. The molecule has 0 aliphatic rings. The van der Waals surface area contributed by atoms with Gasteiger partial charge < -0.3 is 9.47 Å². The van der Waals surface area contributed by atoms with E-state index in [1.54, 1.807) is 26.5 Å². The molecule has 0 unspecified atom stereocenters. The Bertz CT molecular complexity index is 369. The fraction of sp³-hybridized carbons (Fsp3) is 0.417. The van der Waals surface area contributed by atoms with Crippen LogP contribution in [-0.2, 0) is 5.41 Å². The van der Waals surface area contributed by atoms with Gasteiger partial charge in [0, 0.05) is 6.20 Å². The fourth-order valence-electron chi connectivity index (χ4n) is 1.40. The van der Waals surface area contributed by atoms with Crippen molar-refractivity contribution in [3.05, 3.63) is 17.8 Å². The number of hydrogen-bond acceptors (Lipinski definition) is 3. The molecule has 0 radical (unpaired) electrons. The van der Waals surface area contributed by atoms with Crippen molar-refractivity contribution in [3.63, 3.8) is 0 Å². The zero-order chi connectivity index (χ0) is 11.5. The number of hydrogen-bond donors (Lipinski definition) is 0. The molecular formula is C12H15NO2. The molecule has 0 amide bonds. The average Bonchev–Trinajstić information content (AvgIpc) is 2.27. The second-order valence-electron chi connectivity index (χ2n) is 3.67. The highest BCUT2D eigenvalue weighted by Crippen LogP contribution is 2.36. The van der Waals surface area contributed by atoms with Crippen LogP contribution in [0.1, 0.15) is 19.4 Å². The van der Waals surface area contributed by atoms with Gasteiger partial charge in [-0.05, 0) is 19.9 Å². The van der Waals surface area contributed by atoms with Crippen molar-refractivity contribution in [3.8, 4) is 24.0 Å². The van der Waals surface area contributed by atoms with E-state index in [0.29, 0.717) is 11.6 Å². The molecule has 0 aliphatic carbocycles. The lowest BCUT2D eigenvalue weighted by Gasteiger charge is -2.22. The average molecular weight is 205 g/mol. The summed E-state index contributed by atoms with van der Waals surface area (Å²) in [4.78, 5) is 4.12. The first-order valence-electron chi connectivity index (χ1n) is 4.62. The smallest absolute Gasteiger partial charge is 0.221 e. The highest BCUT2D eigenvalue weighted by molar-refractivity contribution is 5.48. The minimum atomic E-state index is -0.467. The van der Waals surface area contributed by atoms with E-state index >= 15 is 0 Å². The van der Waals surface area contributed by atoms with E-state index in [1.165, 1.54) is 0 Å². The van der Waals surface area contributed by atoms with Crippen molar-refractivity contribution in [2.75, 3.05) is 14.2 Å². The number of terminal acetylenes is 1. The van der Waals surface area contributed by atoms with Crippen molar-refractivity contribution in [1.82, 2.24) is 4.98 Å². The van der Waals surface area contributed by atoms with Gasteiger partial charge in [0.05, 0.1) is 25.2 Å². The minimum Gasteiger partial charge on any atom is -0.496 e. The van der Waals surface area contributed by atoms with Crippen LogP contribution in [0.4, 0.5) is 0 Å². The van der Waals surface area contributed by atoms with Crippen LogP contribution in [0, 0.1) is 12.3 Å². The summed E-state index contributed by atoms with van der Waals surface area (Å²) < 4.78 is 10.4. The summed E-state index contributed by atoms with van der Waals surface area (Å²) in [5.41, 5.74) is 0.336. The lowest BCUT2D eigenvalue weighted by atomic mass is 9.85. The topological polar surface area (TPSA) is 31.4 Å². The Morgan fingerprint density at radius 3 is 2.47 bits per heavy atom. The molecular weight excluding hydrogens is 190 g/mol. The number of rotatable bonds is 3. The van der Waals surface area contributed by atoms with Crippen molar-refractivity contribution in [2.24, 2.45) is 0 Å². The normalized spacial score (nSPS) is 10.6. The van der Waals surface area contributed by atoms with Gasteiger partial charge in [0.2, 0.25) is 5.88 Å². The van der Waals surface area contributed by atoms with Crippen LogP contribution in [0.15, 0.2) is 12.3 Å². The van der Waals surface area contributed by atoms with E-state index in [4.69, 9.17) is 15.9 Å². The van der Waals surface area contributed by atoms with E-state index in [9.17, 15) is 0 Å². The Labute approximate surface area is 90.4 Å². The van der Waals surface area contributed by atoms with Crippen LogP contribution < -0.4 is 9.47 Å². The quantitative estimate of drug-likeness (QED) is 0.707. The van der Waals surface area contributed by atoms with E-state index in [-0.39, 0.29) is 0 Å². The molecule has 1 rings (SSSR count). The van der Waals surface area contributed by atoms with Crippen molar-refractivity contribution < 1.29 is 9.47 Å². The van der Waals surface area contributed by atoms with E-state index < -0.39 is 5.41 Å². The van der Waals surface area contributed by atoms with Gasteiger partial charge >= 0.3 is 0 Å². The van der Waals surface area contributed by atoms with Crippen LogP contribution in [-0.4, -0.2) is 19.2 Å². The third-order valence-electron chi connectivity index (χ3n) is 2.28. The molecule has 0 fully saturated rings. The molecule has 0 bridgehead atoms. The maximum atomic E-state index is 5.50. The van der Waals surface area contributed by atoms with Crippen LogP contribution in [0.5, 0.6) is 11.6 Å². The summed E-state index contributed by atoms with van der Waals surface area (Å²) in [5, 5.41) is 0. The Hall–Kier alpha value is -1.69. The summed E-state index contributed by atoms with van der Waals surface area (Å²) in [5.74, 6) is 3.92. The van der Waals surface area contributed by atoms with Crippen molar-refractivity contribution >= 4 is 0 Å². The Morgan fingerprint density at radius 1 is 1.33 bits per heavy atom. The Balaban J connectivity index is 3.43. The predicted octanol–water partition coefficient (Wildman–Crippen LogP) is 2.01. The largest absolute Gasteiger partial charge is 0.496 e. The lowest BCUT2D eigenvalue weighted by molar-refractivity contribution is 0.363. The molecule has 0 atom stereocenters. The van der Waals surface area contributed by atoms with Crippen LogP contribution in [0.3, 0.4) is 0 Å². The van der Waals surface area contributed by atoms with Gasteiger partial charge in [0.25, 0.3) is 0 Å². The van der Waals surface area contributed by atoms with Crippen LogP contribution >= 0.6 is 0 Å². The summed E-state index contributed by atoms with van der Waals surface area (Å²) >= 11 is 0. The standard InChI is InChI=1S/C12H15NO2/c1-6-12(2,3)10-9(14-4)7-8-13-11(10)15-5/h1,7-8H,2-5H3. The summed E-state index contributed by atoms with van der Waals surface area (Å²) in [6, 6.07) is 1.77. The number of methoxy groups -OCH3 is 2. The molecule has 0 aliphatic heterocycles. The van der Waals surface area contributed by atoms with Gasteiger partial charge in [-0.15, -0.1) is 6.42 Å². The number of pyridine rings is 1. The monoisotopic (exact) mass is 205 g/mol. The molecule has 3 nitrogen and oxygen atoms in total. The molecule has 0 saturated carbocycles. The maximum absolute atomic E-state index is 5.50. The van der Waals surface area contributed by atoms with Gasteiger partial charge in [0.15, 0.2) is 0 Å². The molecule has 1 heterocycles. The van der Waals surface area contributed by atoms with Gasteiger partial charge in [-0.25, -0.2) is 4.98 Å². The lowest BCUT2D eigenvalue weighted by Crippen LogP contribution is -2.17. The zero-order valence-corrected chi connectivity index (χ0v) is 9.50. The van der Waals surface area contributed by atoms with Crippen molar-refractivity contribution in [2.45, 2.75) is 19.3 Å². The Kier molecular flexibility index (Phi) is 3.21. The summed E-state index contributed by atoms with van der Waals surface area (Å²) in [6.07, 6.45) is 7.13. The first-order chi connectivity index (χ1) is 7.06. The summed E-state index contributed by atoms with van der Waals surface area (Å²) in [7, 11) is 3.17. The van der Waals surface area contributed by atoms with Gasteiger partial charge in [0.1, 0.15) is 5.75 Å². The second-order valence-corrected chi connectivity index (χ2v) is 3.67. The molecule has 0 aromatic carbocycles. The number of ether oxygens (including phenoxy) is 2. The Morgan fingerprint density at radius 2 is 2.00 bits per heavy atom. The van der Waals surface area contributed by atoms with Gasteiger partial charge in [-0.2, -0.15) is 0 Å². The third-order valence-corrected chi connectivity index (χ3v) is 2.28. The molecule has 0 spiro atoms. The van der Waals surface area contributed by atoms with Gasteiger partial charge in [-0.1, -0.05) is 5.92 Å². The van der Waals surface area contributed by atoms with Gasteiger partial charge in [-0.3, -0.25) is 0 Å². The minimum absolute atomic E-state index is 0.467. The predicted molar refractivity (Wildman–Crippen MR) is 59.2 cm³/mol.